The third-order valence-electron chi connectivity index (χ3n) is 3.54. The van der Waals surface area contributed by atoms with E-state index >= 15 is 0 Å². The van der Waals surface area contributed by atoms with Crippen LogP contribution in [0.1, 0.15) is 29.5 Å². The molecule has 1 aliphatic rings. The largest absolute Gasteiger partial charge is 0.469 e. The van der Waals surface area contributed by atoms with E-state index in [0.29, 0.717) is 6.42 Å². The van der Waals surface area contributed by atoms with E-state index in [4.69, 9.17) is 0 Å². The van der Waals surface area contributed by atoms with E-state index in [1.807, 2.05) is 7.05 Å². The molecule has 0 spiro atoms. The summed E-state index contributed by atoms with van der Waals surface area (Å²) in [5, 5.41) is 0. The molecular weight excluding hydrogens is 226 g/mol. The van der Waals surface area contributed by atoms with Gasteiger partial charge in [-0.25, -0.2) is 0 Å². The Hall–Kier alpha value is -1.35. The monoisotopic (exact) mass is 247 g/mol. The summed E-state index contributed by atoms with van der Waals surface area (Å²) in [5.41, 5.74) is 4.35. The van der Waals surface area contributed by atoms with Crippen molar-refractivity contribution < 1.29 is 9.53 Å². The van der Waals surface area contributed by atoms with Crippen LogP contribution in [0.4, 0.5) is 0 Å². The lowest BCUT2D eigenvalue weighted by Gasteiger charge is -2.16. The number of methoxy groups -OCH3 is 1. The molecule has 0 saturated carbocycles. The second kappa shape index (κ2) is 6.01. The lowest BCUT2D eigenvalue weighted by Crippen LogP contribution is -2.21. The van der Waals surface area contributed by atoms with Crippen molar-refractivity contribution in [3.05, 3.63) is 34.9 Å². The van der Waals surface area contributed by atoms with Gasteiger partial charge in [0.1, 0.15) is 0 Å². The van der Waals surface area contributed by atoms with Crippen LogP contribution >= 0.6 is 0 Å². The first-order valence-corrected chi connectivity index (χ1v) is 6.55. The predicted molar refractivity (Wildman–Crippen MR) is 71.4 cm³/mol. The molecule has 0 atom stereocenters. The minimum atomic E-state index is -0.143. The van der Waals surface area contributed by atoms with Crippen LogP contribution in [0.15, 0.2) is 18.2 Å². The number of hydrogen-bond acceptors (Lipinski definition) is 3. The first-order chi connectivity index (χ1) is 8.69. The van der Waals surface area contributed by atoms with E-state index in [1.165, 1.54) is 43.1 Å². The topological polar surface area (TPSA) is 29.5 Å². The smallest absolute Gasteiger partial charge is 0.306 e. The second-order valence-corrected chi connectivity index (χ2v) is 5.02. The van der Waals surface area contributed by atoms with Gasteiger partial charge in [0.2, 0.25) is 0 Å². The highest BCUT2D eigenvalue weighted by Crippen LogP contribution is 2.23. The van der Waals surface area contributed by atoms with Gasteiger partial charge in [-0.15, -0.1) is 0 Å². The summed E-state index contributed by atoms with van der Waals surface area (Å²) < 4.78 is 4.65. The fourth-order valence-electron chi connectivity index (χ4n) is 2.50. The maximum atomic E-state index is 11.1. The van der Waals surface area contributed by atoms with E-state index in [1.54, 1.807) is 0 Å². The summed E-state index contributed by atoms with van der Waals surface area (Å²) in [5.74, 6) is -0.143. The minimum absolute atomic E-state index is 0.143. The van der Waals surface area contributed by atoms with Gasteiger partial charge in [0.25, 0.3) is 0 Å². The van der Waals surface area contributed by atoms with Crippen LogP contribution in [0.3, 0.4) is 0 Å². The van der Waals surface area contributed by atoms with Crippen molar-refractivity contribution in [1.29, 1.82) is 0 Å². The van der Waals surface area contributed by atoms with E-state index in [-0.39, 0.29) is 5.97 Å². The zero-order valence-corrected chi connectivity index (χ0v) is 11.2. The Kier molecular flexibility index (Phi) is 4.37. The lowest BCUT2D eigenvalue weighted by molar-refractivity contribution is -0.140. The van der Waals surface area contributed by atoms with Crippen molar-refractivity contribution in [3.8, 4) is 0 Å². The molecule has 1 aromatic rings. The highest BCUT2D eigenvalue weighted by Gasteiger charge is 2.11. The number of carbonyl (C=O) groups is 1. The van der Waals surface area contributed by atoms with Crippen LogP contribution in [0.5, 0.6) is 0 Å². The Balaban J connectivity index is 1.87. The van der Waals surface area contributed by atoms with E-state index in [2.05, 4.69) is 27.8 Å². The maximum absolute atomic E-state index is 11.1. The molecule has 1 aliphatic carbocycles. The lowest BCUT2D eigenvalue weighted by atomic mass is 10.1. The first kappa shape index (κ1) is 13.1. The van der Waals surface area contributed by atoms with Gasteiger partial charge >= 0.3 is 5.97 Å². The number of rotatable bonds is 5. The zero-order valence-electron chi connectivity index (χ0n) is 11.2. The number of esters is 1. The summed E-state index contributed by atoms with van der Waals surface area (Å²) in [4.78, 5) is 13.2. The Morgan fingerprint density at radius 1 is 1.33 bits per heavy atom. The molecule has 0 fully saturated rings. The van der Waals surface area contributed by atoms with Gasteiger partial charge in [0.05, 0.1) is 13.5 Å². The van der Waals surface area contributed by atoms with Gasteiger partial charge in [-0.3, -0.25) is 4.79 Å². The van der Waals surface area contributed by atoms with Gasteiger partial charge in [-0.05, 0) is 43.0 Å². The fourth-order valence-corrected chi connectivity index (χ4v) is 2.50. The number of fused-ring (bicyclic) bond motifs is 1. The van der Waals surface area contributed by atoms with Gasteiger partial charge in [0, 0.05) is 13.1 Å². The van der Waals surface area contributed by atoms with Crippen LogP contribution in [-0.4, -0.2) is 31.6 Å². The number of hydrogen-bond donors (Lipinski definition) is 0. The Morgan fingerprint density at radius 3 is 2.89 bits per heavy atom. The van der Waals surface area contributed by atoms with E-state index in [0.717, 1.165) is 13.1 Å². The molecule has 2 rings (SSSR count). The van der Waals surface area contributed by atoms with Crippen LogP contribution in [0.25, 0.3) is 0 Å². The van der Waals surface area contributed by atoms with Crippen molar-refractivity contribution in [2.75, 3.05) is 20.7 Å². The van der Waals surface area contributed by atoms with Crippen molar-refractivity contribution >= 4 is 5.97 Å². The molecule has 0 unspecified atom stereocenters. The van der Waals surface area contributed by atoms with Gasteiger partial charge in [0.15, 0.2) is 0 Å². The molecule has 0 aliphatic heterocycles. The number of aryl methyl sites for hydroxylation is 2. The van der Waals surface area contributed by atoms with Crippen LogP contribution in [0.2, 0.25) is 0 Å². The van der Waals surface area contributed by atoms with Gasteiger partial charge in [-0.1, -0.05) is 18.2 Å². The summed E-state index contributed by atoms with van der Waals surface area (Å²) in [6, 6.07) is 6.78. The third-order valence-corrected chi connectivity index (χ3v) is 3.54. The number of benzene rings is 1. The van der Waals surface area contributed by atoms with E-state index < -0.39 is 0 Å². The molecule has 3 heteroatoms. The molecule has 0 N–H and O–H groups in total. The number of ether oxygens (including phenoxy) is 1. The molecule has 0 aromatic heterocycles. The summed E-state index contributed by atoms with van der Waals surface area (Å²) in [6.07, 6.45) is 4.19. The van der Waals surface area contributed by atoms with Gasteiger partial charge in [-0.2, -0.15) is 0 Å². The quantitative estimate of drug-likeness (QED) is 0.747. The Bertz CT molecular complexity index is 429. The molecule has 1 aromatic carbocycles. The van der Waals surface area contributed by atoms with Gasteiger partial charge < -0.3 is 9.64 Å². The Labute approximate surface area is 109 Å². The van der Waals surface area contributed by atoms with Crippen molar-refractivity contribution in [3.63, 3.8) is 0 Å². The molecule has 18 heavy (non-hydrogen) atoms. The minimum Gasteiger partial charge on any atom is -0.469 e. The second-order valence-electron chi connectivity index (χ2n) is 5.02. The molecule has 98 valence electrons. The fraction of sp³-hybridized carbons (Fsp3) is 0.533. The molecule has 3 nitrogen and oxygen atoms in total. The molecule has 0 bridgehead atoms. The maximum Gasteiger partial charge on any atom is 0.306 e. The Morgan fingerprint density at radius 2 is 2.11 bits per heavy atom. The zero-order chi connectivity index (χ0) is 13.0. The summed E-state index contributed by atoms with van der Waals surface area (Å²) >= 11 is 0. The van der Waals surface area contributed by atoms with Crippen LogP contribution < -0.4 is 0 Å². The average molecular weight is 247 g/mol. The standard InChI is InChI=1S/C15H21NO2/c1-16(9-8-15(17)18-2)11-12-6-7-13-4-3-5-14(13)10-12/h6-7,10H,3-5,8-9,11H2,1-2H3. The molecule has 0 amide bonds. The van der Waals surface area contributed by atoms with Crippen LogP contribution in [-0.2, 0) is 28.9 Å². The summed E-state index contributed by atoms with van der Waals surface area (Å²) in [6.45, 7) is 1.63. The average Bonchev–Trinajstić information content (AvgIpc) is 2.83. The highest BCUT2D eigenvalue weighted by atomic mass is 16.5. The predicted octanol–water partition coefficient (Wildman–Crippen LogP) is 2.17. The molecular formula is C15H21NO2. The van der Waals surface area contributed by atoms with Crippen molar-refractivity contribution in [2.24, 2.45) is 0 Å². The third kappa shape index (κ3) is 3.33. The first-order valence-electron chi connectivity index (χ1n) is 6.55. The molecule has 0 heterocycles. The van der Waals surface area contributed by atoms with E-state index in [9.17, 15) is 4.79 Å². The summed E-state index contributed by atoms with van der Waals surface area (Å²) in [7, 11) is 3.47. The van der Waals surface area contributed by atoms with Crippen molar-refractivity contribution in [1.82, 2.24) is 4.90 Å². The highest BCUT2D eigenvalue weighted by molar-refractivity contribution is 5.69. The number of carbonyl (C=O) groups excluding carboxylic acids is 1. The van der Waals surface area contributed by atoms with Crippen LogP contribution in [0, 0.1) is 0 Å². The molecule has 0 radical (unpaired) electrons. The number of nitrogens with zero attached hydrogens (tertiary/aromatic N) is 1. The normalized spacial score (nSPS) is 13.7. The molecule has 0 saturated heterocycles. The van der Waals surface area contributed by atoms with Crippen molar-refractivity contribution in [2.45, 2.75) is 32.2 Å². The SMILES string of the molecule is COC(=O)CCN(C)Cc1ccc2c(c1)CCC2.